The van der Waals surface area contributed by atoms with Gasteiger partial charge in [-0.15, -0.1) is 0 Å². The monoisotopic (exact) mass is 484 g/mol. The molecule has 0 saturated carbocycles. The first-order valence-corrected chi connectivity index (χ1v) is 11.4. The molecule has 35 heavy (non-hydrogen) atoms. The zero-order valence-electron chi connectivity index (χ0n) is 19.5. The fraction of sp³-hybridized carbons (Fsp3) is 0.308. The highest BCUT2D eigenvalue weighted by Crippen LogP contribution is 2.29. The van der Waals surface area contributed by atoms with Crippen molar-refractivity contribution in [2.24, 2.45) is 0 Å². The van der Waals surface area contributed by atoms with Crippen LogP contribution in [0.15, 0.2) is 65.4 Å². The molecule has 1 amide bonds. The first kappa shape index (κ1) is 24.5. The summed E-state index contributed by atoms with van der Waals surface area (Å²) in [6, 6.07) is 13.1. The zero-order chi connectivity index (χ0) is 25.0. The van der Waals surface area contributed by atoms with Gasteiger partial charge in [-0.05, 0) is 49.6 Å². The summed E-state index contributed by atoms with van der Waals surface area (Å²) in [6.45, 7) is 5.03. The summed E-state index contributed by atoms with van der Waals surface area (Å²) >= 11 is 0. The molecule has 2 aromatic carbocycles. The topological polar surface area (TPSA) is 74.2 Å². The number of hydrogen-bond acceptors (Lipinski definition) is 4. The fourth-order valence-corrected chi connectivity index (χ4v) is 3.90. The van der Waals surface area contributed by atoms with E-state index in [4.69, 9.17) is 4.42 Å². The summed E-state index contributed by atoms with van der Waals surface area (Å²) in [7, 11) is 0. The fourth-order valence-electron chi connectivity index (χ4n) is 3.90. The van der Waals surface area contributed by atoms with Gasteiger partial charge in [-0.3, -0.25) is 9.69 Å². The number of fused-ring (bicyclic) bond motifs is 1. The van der Waals surface area contributed by atoms with E-state index in [0.29, 0.717) is 31.9 Å². The van der Waals surface area contributed by atoms with Gasteiger partial charge in [0.15, 0.2) is 5.69 Å². The van der Waals surface area contributed by atoms with E-state index in [1.165, 1.54) is 18.4 Å². The molecule has 184 valence electrons. The number of amides is 1. The van der Waals surface area contributed by atoms with Gasteiger partial charge < -0.3 is 14.7 Å². The van der Waals surface area contributed by atoms with Crippen LogP contribution in [0.5, 0.6) is 0 Å². The third-order valence-corrected chi connectivity index (χ3v) is 5.62. The maximum absolute atomic E-state index is 13.0. The Labute approximate surface area is 201 Å². The lowest BCUT2D eigenvalue weighted by atomic mass is 10.1. The molecule has 4 rings (SSSR count). The molecule has 2 N–H and O–H groups in total. The van der Waals surface area contributed by atoms with E-state index in [1.807, 2.05) is 43.1 Å². The molecule has 2 heterocycles. The average Bonchev–Trinajstić information content (AvgIpc) is 3.44. The number of halogens is 3. The highest BCUT2D eigenvalue weighted by Gasteiger charge is 2.30. The lowest BCUT2D eigenvalue weighted by molar-refractivity contribution is -0.137. The molecular weight excluding hydrogens is 457 g/mol. The molecule has 0 aliphatic rings. The number of hydrogen-bond donors (Lipinski definition) is 2. The minimum atomic E-state index is -4.38. The van der Waals surface area contributed by atoms with E-state index in [0.717, 1.165) is 34.2 Å². The molecule has 0 fully saturated rings. The molecule has 0 aliphatic carbocycles. The Morgan fingerprint density at radius 3 is 2.57 bits per heavy atom. The summed E-state index contributed by atoms with van der Waals surface area (Å²) in [5, 5.41) is 3.90. The Balaban J connectivity index is 1.51. The molecule has 9 heteroatoms. The summed E-state index contributed by atoms with van der Waals surface area (Å²) in [6.07, 6.45) is -0.367. The standard InChI is InChI=1S/C26H27F3N4O2/c1-17(2)31-25(34)23-16-35-24(32-23)15-33(14-18-7-9-20(10-8-18)26(27,28)29)12-11-19-13-30-22-6-4-3-5-21(19)22/h3-10,13,16-17,30H,11-12,14-15H2,1-2H3,(H,31,34). The minimum Gasteiger partial charge on any atom is -0.447 e. The quantitative estimate of drug-likeness (QED) is 0.326. The van der Waals surface area contributed by atoms with Gasteiger partial charge in [-0.2, -0.15) is 13.2 Å². The van der Waals surface area contributed by atoms with Crippen LogP contribution < -0.4 is 5.32 Å². The maximum atomic E-state index is 13.0. The van der Waals surface area contributed by atoms with Crippen LogP contribution >= 0.6 is 0 Å². The van der Waals surface area contributed by atoms with Crippen molar-refractivity contribution in [3.63, 3.8) is 0 Å². The Morgan fingerprint density at radius 2 is 1.86 bits per heavy atom. The third-order valence-electron chi connectivity index (χ3n) is 5.62. The van der Waals surface area contributed by atoms with E-state index in [1.54, 1.807) is 0 Å². The number of alkyl halides is 3. The van der Waals surface area contributed by atoms with Crippen LogP contribution in [0.1, 0.15) is 46.9 Å². The molecule has 0 radical (unpaired) electrons. The molecule has 0 saturated heterocycles. The van der Waals surface area contributed by atoms with Crippen molar-refractivity contribution in [1.82, 2.24) is 20.2 Å². The number of nitrogens with one attached hydrogen (secondary N) is 2. The second-order valence-corrected chi connectivity index (χ2v) is 8.77. The predicted octanol–water partition coefficient (Wildman–Crippen LogP) is 5.56. The number of nitrogens with zero attached hydrogens (tertiary/aromatic N) is 2. The average molecular weight is 485 g/mol. The van der Waals surface area contributed by atoms with Gasteiger partial charge >= 0.3 is 6.18 Å². The molecule has 0 unspecified atom stereocenters. The Hall–Kier alpha value is -3.59. The van der Waals surface area contributed by atoms with Gasteiger partial charge in [-0.25, -0.2) is 4.98 Å². The molecule has 0 spiro atoms. The van der Waals surface area contributed by atoms with E-state index in [9.17, 15) is 18.0 Å². The summed E-state index contributed by atoms with van der Waals surface area (Å²) in [5.41, 5.74) is 2.44. The smallest absolute Gasteiger partial charge is 0.416 e. The van der Waals surface area contributed by atoms with Crippen molar-refractivity contribution in [2.75, 3.05) is 6.54 Å². The van der Waals surface area contributed by atoms with Crippen LogP contribution in [0.3, 0.4) is 0 Å². The number of para-hydroxylation sites is 1. The Morgan fingerprint density at radius 1 is 1.11 bits per heavy atom. The molecule has 0 atom stereocenters. The highest BCUT2D eigenvalue weighted by atomic mass is 19.4. The molecule has 0 aliphatic heterocycles. The molecule has 4 aromatic rings. The van der Waals surface area contributed by atoms with Gasteiger partial charge in [0.1, 0.15) is 6.26 Å². The first-order valence-electron chi connectivity index (χ1n) is 11.4. The number of benzene rings is 2. The number of aromatic amines is 1. The van der Waals surface area contributed by atoms with Gasteiger partial charge in [0.05, 0.1) is 12.1 Å². The second-order valence-electron chi connectivity index (χ2n) is 8.77. The van der Waals surface area contributed by atoms with E-state index < -0.39 is 11.7 Å². The van der Waals surface area contributed by atoms with Crippen molar-refractivity contribution in [3.05, 3.63) is 89.3 Å². The first-order chi connectivity index (χ1) is 16.7. The molecule has 6 nitrogen and oxygen atoms in total. The summed E-state index contributed by atoms with van der Waals surface area (Å²) in [5.74, 6) is 0.0489. The lowest BCUT2D eigenvalue weighted by Crippen LogP contribution is -2.30. The molecular formula is C26H27F3N4O2. The number of rotatable bonds is 9. The minimum absolute atomic E-state index is 0.0324. The second kappa shape index (κ2) is 10.4. The lowest BCUT2D eigenvalue weighted by Gasteiger charge is -2.21. The van der Waals surface area contributed by atoms with Crippen molar-refractivity contribution in [2.45, 2.75) is 45.6 Å². The Bertz CT molecular complexity index is 1280. The number of oxazole rings is 1. The highest BCUT2D eigenvalue weighted by molar-refractivity contribution is 5.92. The summed E-state index contributed by atoms with van der Waals surface area (Å²) in [4.78, 5) is 21.8. The van der Waals surface area contributed by atoms with Crippen LogP contribution in [0.4, 0.5) is 13.2 Å². The van der Waals surface area contributed by atoms with E-state index in [-0.39, 0.29) is 17.6 Å². The van der Waals surface area contributed by atoms with Crippen LogP contribution in [0, 0.1) is 0 Å². The number of carbonyl (C=O) groups is 1. The van der Waals surface area contributed by atoms with Crippen molar-refractivity contribution >= 4 is 16.8 Å². The van der Waals surface area contributed by atoms with Gasteiger partial charge in [-0.1, -0.05) is 30.3 Å². The summed E-state index contributed by atoms with van der Waals surface area (Å²) < 4.78 is 44.4. The maximum Gasteiger partial charge on any atom is 0.416 e. The van der Waals surface area contributed by atoms with Crippen LogP contribution in [0.2, 0.25) is 0 Å². The van der Waals surface area contributed by atoms with Gasteiger partial charge in [0.25, 0.3) is 5.91 Å². The van der Waals surface area contributed by atoms with Crippen LogP contribution in [-0.4, -0.2) is 33.4 Å². The number of aromatic nitrogens is 2. The predicted molar refractivity (Wildman–Crippen MR) is 127 cm³/mol. The van der Waals surface area contributed by atoms with Gasteiger partial charge in [0, 0.05) is 36.2 Å². The van der Waals surface area contributed by atoms with Crippen molar-refractivity contribution < 1.29 is 22.4 Å². The van der Waals surface area contributed by atoms with E-state index >= 15 is 0 Å². The molecule has 2 aromatic heterocycles. The molecule has 0 bridgehead atoms. The van der Waals surface area contributed by atoms with Crippen molar-refractivity contribution in [1.29, 1.82) is 0 Å². The zero-order valence-corrected chi connectivity index (χ0v) is 19.5. The Kier molecular flexibility index (Phi) is 7.25. The number of carbonyl (C=O) groups excluding carboxylic acids is 1. The van der Waals surface area contributed by atoms with Gasteiger partial charge in [0.2, 0.25) is 5.89 Å². The van der Waals surface area contributed by atoms with Crippen LogP contribution in [-0.2, 0) is 25.7 Å². The third kappa shape index (κ3) is 6.30. The normalized spacial score (nSPS) is 12.1. The van der Waals surface area contributed by atoms with E-state index in [2.05, 4.69) is 21.4 Å². The van der Waals surface area contributed by atoms with Crippen LogP contribution in [0.25, 0.3) is 10.9 Å². The SMILES string of the molecule is CC(C)NC(=O)c1coc(CN(CCc2c[nH]c3ccccc23)Cc2ccc(C(F)(F)F)cc2)n1. The largest absolute Gasteiger partial charge is 0.447 e. The van der Waals surface area contributed by atoms with Crippen molar-refractivity contribution in [3.8, 4) is 0 Å². The number of H-pyrrole nitrogens is 1.